The lowest BCUT2D eigenvalue weighted by Crippen LogP contribution is -2.14. The second-order valence-corrected chi connectivity index (χ2v) is 8.06. The molecule has 0 aliphatic heterocycles. The maximum atomic E-state index is 13.3. The molecule has 1 amide bonds. The molecule has 170 valence electrons. The summed E-state index contributed by atoms with van der Waals surface area (Å²) in [4.78, 5) is 17.6. The van der Waals surface area contributed by atoms with E-state index in [1.54, 1.807) is 0 Å². The number of aromatic nitrogens is 4. The predicted molar refractivity (Wildman–Crippen MR) is 129 cm³/mol. The van der Waals surface area contributed by atoms with Crippen molar-refractivity contribution in [2.75, 3.05) is 5.32 Å². The first-order valence-electron chi connectivity index (χ1n) is 10.9. The first kappa shape index (κ1) is 21.4. The molecule has 3 aromatic carbocycles. The third-order valence-electron chi connectivity index (χ3n) is 5.64. The van der Waals surface area contributed by atoms with E-state index in [9.17, 15) is 4.79 Å². The van der Waals surface area contributed by atoms with Crippen LogP contribution in [0.15, 0.2) is 65.2 Å². The van der Waals surface area contributed by atoms with Crippen molar-refractivity contribution in [1.29, 1.82) is 0 Å². The number of ether oxygens (including phenoxy) is 1. The molecule has 0 unspecified atom stereocenters. The Labute approximate surface area is 196 Å². The van der Waals surface area contributed by atoms with Crippen molar-refractivity contribution in [2.45, 2.75) is 27.4 Å². The van der Waals surface area contributed by atoms with E-state index in [4.69, 9.17) is 9.26 Å². The highest BCUT2D eigenvalue weighted by atomic mass is 16.5. The second-order valence-electron chi connectivity index (χ2n) is 8.06. The third kappa shape index (κ3) is 4.25. The van der Waals surface area contributed by atoms with E-state index in [-0.39, 0.29) is 12.5 Å². The topological polar surface area (TPSA) is 106 Å². The van der Waals surface area contributed by atoms with Crippen molar-refractivity contribution in [3.8, 4) is 17.1 Å². The molecule has 2 aromatic heterocycles. The van der Waals surface area contributed by atoms with Gasteiger partial charge < -0.3 is 14.6 Å². The number of hydrogen-bond acceptors (Lipinski definition) is 6. The standard InChI is InChI=1S/C26H23N5O3/c1-15-23(16(2)34-31-15)14-33-24-13-20-7-5-4-6-19(20)12-22(24)26(32)28-21-10-8-18(9-11-21)25-27-17(3)29-30-25/h4-13H,14H2,1-3H3,(H,28,32)(H,27,29,30). The number of rotatable bonds is 6. The van der Waals surface area contributed by atoms with Gasteiger partial charge in [0.05, 0.1) is 16.8 Å². The Kier molecular flexibility index (Phi) is 5.55. The summed E-state index contributed by atoms with van der Waals surface area (Å²) >= 11 is 0. The van der Waals surface area contributed by atoms with Crippen molar-refractivity contribution in [3.05, 3.63) is 89.1 Å². The van der Waals surface area contributed by atoms with Gasteiger partial charge in [0.15, 0.2) is 5.82 Å². The summed E-state index contributed by atoms with van der Waals surface area (Å²) in [7, 11) is 0. The van der Waals surface area contributed by atoms with Gasteiger partial charge >= 0.3 is 0 Å². The Balaban J connectivity index is 1.42. The van der Waals surface area contributed by atoms with Gasteiger partial charge in [0, 0.05) is 11.3 Å². The molecule has 8 heteroatoms. The molecule has 34 heavy (non-hydrogen) atoms. The molecule has 0 aliphatic carbocycles. The van der Waals surface area contributed by atoms with Crippen LogP contribution in [0.4, 0.5) is 5.69 Å². The van der Waals surface area contributed by atoms with E-state index in [1.165, 1.54) is 0 Å². The molecule has 5 aromatic rings. The molecule has 2 heterocycles. The quantitative estimate of drug-likeness (QED) is 0.358. The number of benzene rings is 3. The summed E-state index contributed by atoms with van der Waals surface area (Å²) < 4.78 is 11.3. The van der Waals surface area contributed by atoms with Crippen LogP contribution in [0, 0.1) is 20.8 Å². The summed E-state index contributed by atoms with van der Waals surface area (Å²) in [5.74, 6) is 2.28. The molecule has 2 N–H and O–H groups in total. The van der Waals surface area contributed by atoms with Gasteiger partial charge in [-0.05, 0) is 67.9 Å². The number of carbonyl (C=O) groups is 1. The van der Waals surface area contributed by atoms with Gasteiger partial charge in [-0.1, -0.05) is 29.4 Å². The SMILES string of the molecule is Cc1nc(-c2ccc(NC(=O)c3cc4ccccc4cc3OCc3c(C)noc3C)cc2)n[nH]1. The minimum absolute atomic E-state index is 0.255. The zero-order chi connectivity index (χ0) is 23.7. The van der Waals surface area contributed by atoms with Crippen LogP contribution in [0.5, 0.6) is 5.75 Å². The average molecular weight is 454 g/mol. The lowest BCUT2D eigenvalue weighted by atomic mass is 10.0. The normalized spacial score (nSPS) is 11.0. The maximum absolute atomic E-state index is 13.3. The van der Waals surface area contributed by atoms with Gasteiger partial charge in [-0.3, -0.25) is 9.89 Å². The van der Waals surface area contributed by atoms with Crippen LogP contribution < -0.4 is 10.1 Å². The molecular formula is C26H23N5O3. The fourth-order valence-corrected chi connectivity index (χ4v) is 3.75. The lowest BCUT2D eigenvalue weighted by Gasteiger charge is -2.14. The smallest absolute Gasteiger partial charge is 0.259 e. The fourth-order valence-electron chi connectivity index (χ4n) is 3.75. The predicted octanol–water partition coefficient (Wildman–Crippen LogP) is 5.37. The number of aromatic amines is 1. The molecular weight excluding hydrogens is 430 g/mol. The van der Waals surface area contributed by atoms with Gasteiger partial charge in [0.2, 0.25) is 0 Å². The highest BCUT2D eigenvalue weighted by Crippen LogP contribution is 2.29. The summed E-state index contributed by atoms with van der Waals surface area (Å²) in [5.41, 5.74) is 3.60. The number of amides is 1. The number of carbonyl (C=O) groups excluding carboxylic acids is 1. The van der Waals surface area contributed by atoms with E-state index < -0.39 is 0 Å². The minimum atomic E-state index is -0.263. The number of nitrogens with zero attached hydrogens (tertiary/aromatic N) is 3. The van der Waals surface area contributed by atoms with Crippen LogP contribution in [-0.2, 0) is 6.61 Å². The number of fused-ring (bicyclic) bond motifs is 1. The molecule has 8 nitrogen and oxygen atoms in total. The third-order valence-corrected chi connectivity index (χ3v) is 5.64. The highest BCUT2D eigenvalue weighted by Gasteiger charge is 2.17. The van der Waals surface area contributed by atoms with E-state index in [2.05, 4.69) is 25.7 Å². The maximum Gasteiger partial charge on any atom is 0.259 e. The number of aryl methyl sites for hydroxylation is 3. The van der Waals surface area contributed by atoms with Crippen molar-refractivity contribution >= 4 is 22.4 Å². The van der Waals surface area contributed by atoms with Crippen molar-refractivity contribution < 1.29 is 14.1 Å². The van der Waals surface area contributed by atoms with E-state index in [1.807, 2.05) is 81.4 Å². The molecule has 5 rings (SSSR count). The Morgan fingerprint density at radius 1 is 1.03 bits per heavy atom. The van der Waals surface area contributed by atoms with Crippen LogP contribution in [-0.4, -0.2) is 26.2 Å². The monoisotopic (exact) mass is 453 g/mol. The molecule has 0 saturated carbocycles. The van der Waals surface area contributed by atoms with Crippen LogP contribution in [0.2, 0.25) is 0 Å². The fraction of sp³-hybridized carbons (Fsp3) is 0.154. The van der Waals surface area contributed by atoms with Gasteiger partial charge in [0.1, 0.15) is 23.9 Å². The summed E-state index contributed by atoms with van der Waals surface area (Å²) in [6.07, 6.45) is 0. The number of H-pyrrole nitrogens is 1. The number of nitrogens with one attached hydrogen (secondary N) is 2. The van der Waals surface area contributed by atoms with Crippen LogP contribution >= 0.6 is 0 Å². The molecule has 0 spiro atoms. The Hall–Kier alpha value is -4.46. The molecule has 0 saturated heterocycles. The van der Waals surface area contributed by atoms with Gasteiger partial charge in [0.25, 0.3) is 5.91 Å². The van der Waals surface area contributed by atoms with Crippen molar-refractivity contribution in [3.63, 3.8) is 0 Å². The van der Waals surface area contributed by atoms with Gasteiger partial charge in [-0.25, -0.2) is 4.98 Å². The summed E-state index contributed by atoms with van der Waals surface area (Å²) in [6, 6.07) is 19.0. The Morgan fingerprint density at radius 3 is 2.41 bits per heavy atom. The number of anilines is 1. The van der Waals surface area contributed by atoms with E-state index in [0.717, 1.165) is 33.4 Å². The second kappa shape index (κ2) is 8.82. The first-order chi connectivity index (χ1) is 16.5. The molecule has 0 bridgehead atoms. The first-order valence-corrected chi connectivity index (χ1v) is 10.9. The molecule has 0 atom stereocenters. The Bertz CT molecular complexity index is 1460. The van der Waals surface area contributed by atoms with Gasteiger partial charge in [-0.2, -0.15) is 5.10 Å². The molecule has 0 fully saturated rings. The summed E-state index contributed by atoms with van der Waals surface area (Å²) in [6.45, 7) is 5.81. The average Bonchev–Trinajstić information content (AvgIpc) is 3.42. The number of hydrogen-bond donors (Lipinski definition) is 2. The van der Waals surface area contributed by atoms with Crippen molar-refractivity contribution in [1.82, 2.24) is 20.3 Å². The van der Waals surface area contributed by atoms with Crippen LogP contribution in [0.3, 0.4) is 0 Å². The largest absolute Gasteiger partial charge is 0.488 e. The van der Waals surface area contributed by atoms with Crippen LogP contribution in [0.1, 0.15) is 33.2 Å². The summed E-state index contributed by atoms with van der Waals surface area (Å²) in [5, 5.41) is 15.9. The molecule has 0 aliphatic rings. The highest BCUT2D eigenvalue weighted by molar-refractivity contribution is 6.08. The van der Waals surface area contributed by atoms with E-state index >= 15 is 0 Å². The van der Waals surface area contributed by atoms with Gasteiger partial charge in [-0.15, -0.1) is 0 Å². The zero-order valence-electron chi connectivity index (χ0n) is 19.0. The lowest BCUT2D eigenvalue weighted by molar-refractivity contribution is 0.102. The zero-order valence-corrected chi connectivity index (χ0v) is 19.0. The minimum Gasteiger partial charge on any atom is -0.488 e. The Morgan fingerprint density at radius 2 is 1.76 bits per heavy atom. The van der Waals surface area contributed by atoms with Crippen LogP contribution in [0.25, 0.3) is 22.2 Å². The van der Waals surface area contributed by atoms with E-state index in [0.29, 0.717) is 28.6 Å². The molecule has 0 radical (unpaired) electrons. The van der Waals surface area contributed by atoms with Crippen molar-refractivity contribution in [2.24, 2.45) is 0 Å².